The number of hydrogen-bond acceptors (Lipinski definition) is 8. The third-order valence-corrected chi connectivity index (χ3v) is 6.50. The van der Waals surface area contributed by atoms with E-state index in [9.17, 15) is 15.2 Å². The number of amides is 2. The second kappa shape index (κ2) is 11.5. The van der Waals surface area contributed by atoms with E-state index >= 15 is 0 Å². The van der Waals surface area contributed by atoms with E-state index in [1.165, 1.54) is 6.20 Å². The molecular formula is C26H31N9O2. The lowest BCUT2D eigenvalue weighted by molar-refractivity contribution is 0.178. The summed E-state index contributed by atoms with van der Waals surface area (Å²) < 4.78 is 1.67. The second-order valence-corrected chi connectivity index (χ2v) is 8.73. The number of nitrogens with two attached hydrogens (primary N) is 1. The number of hydrogen-bond donors (Lipinski definition) is 3. The zero-order valence-corrected chi connectivity index (χ0v) is 21.0. The molecule has 2 amide bonds. The molecule has 0 saturated carbocycles. The fourth-order valence-corrected chi connectivity index (χ4v) is 4.35. The molecule has 3 aromatic rings. The quantitative estimate of drug-likeness (QED) is 0.419. The Hall–Kier alpha value is -4.43. The Morgan fingerprint density at radius 1 is 1.32 bits per heavy atom. The fraction of sp³-hybridized carbons (Fsp3) is 0.346. The number of nitriles is 1. The number of aliphatic hydroxyl groups is 1. The summed E-state index contributed by atoms with van der Waals surface area (Å²) in [5.74, 6) is 0.812. The molecule has 37 heavy (non-hydrogen) atoms. The minimum atomic E-state index is -0.229. The van der Waals surface area contributed by atoms with Crippen LogP contribution in [0.5, 0.6) is 0 Å². The maximum absolute atomic E-state index is 12.5. The molecule has 4 rings (SSSR count). The molecule has 3 aromatic heterocycles. The number of pyridine rings is 2. The number of aromatic nitrogens is 3. The maximum atomic E-state index is 12.5. The Morgan fingerprint density at radius 2 is 2.11 bits per heavy atom. The van der Waals surface area contributed by atoms with Gasteiger partial charge in [-0.3, -0.25) is 4.99 Å². The van der Waals surface area contributed by atoms with Crippen LogP contribution in [0.25, 0.3) is 22.2 Å². The van der Waals surface area contributed by atoms with E-state index in [-0.39, 0.29) is 18.7 Å². The molecule has 1 fully saturated rings. The van der Waals surface area contributed by atoms with Gasteiger partial charge in [-0.05, 0) is 24.6 Å². The summed E-state index contributed by atoms with van der Waals surface area (Å²) in [6.45, 7) is 4.29. The second-order valence-electron chi connectivity index (χ2n) is 8.73. The minimum Gasteiger partial charge on any atom is -0.404 e. The van der Waals surface area contributed by atoms with Crippen LogP contribution in [0.4, 0.5) is 10.6 Å². The monoisotopic (exact) mass is 501 g/mol. The van der Waals surface area contributed by atoms with Crippen LogP contribution >= 0.6 is 0 Å². The van der Waals surface area contributed by atoms with Crippen LogP contribution in [0.15, 0.2) is 48.0 Å². The first-order valence-electron chi connectivity index (χ1n) is 12.2. The zero-order chi connectivity index (χ0) is 26.4. The van der Waals surface area contributed by atoms with Gasteiger partial charge in [-0.1, -0.05) is 6.92 Å². The van der Waals surface area contributed by atoms with Gasteiger partial charge in [-0.25, -0.2) is 14.3 Å². The van der Waals surface area contributed by atoms with Crippen molar-refractivity contribution in [3.05, 3.63) is 54.1 Å². The Kier molecular flexibility index (Phi) is 8.00. The highest BCUT2D eigenvalue weighted by Crippen LogP contribution is 2.30. The van der Waals surface area contributed by atoms with Crippen LogP contribution in [0.3, 0.4) is 0 Å². The first-order valence-corrected chi connectivity index (χ1v) is 12.2. The molecule has 0 aliphatic carbocycles. The number of carbonyl (C=O) groups is 1. The van der Waals surface area contributed by atoms with Crippen LogP contribution in [-0.2, 0) is 0 Å². The molecule has 11 heteroatoms. The summed E-state index contributed by atoms with van der Waals surface area (Å²) in [5.41, 5.74) is 10.2. The summed E-state index contributed by atoms with van der Waals surface area (Å²) in [5, 5.41) is 26.2. The largest absolute Gasteiger partial charge is 0.404 e. The van der Waals surface area contributed by atoms with Crippen molar-refractivity contribution in [2.45, 2.75) is 19.4 Å². The number of rotatable bonds is 7. The number of urea groups is 1. The van der Waals surface area contributed by atoms with Crippen molar-refractivity contribution in [2.75, 3.05) is 44.7 Å². The van der Waals surface area contributed by atoms with Crippen molar-refractivity contribution >= 4 is 29.2 Å². The highest BCUT2D eigenvalue weighted by atomic mass is 16.3. The van der Waals surface area contributed by atoms with E-state index in [4.69, 9.17) is 10.7 Å². The van der Waals surface area contributed by atoms with Gasteiger partial charge in [0.15, 0.2) is 0 Å². The van der Waals surface area contributed by atoms with Gasteiger partial charge in [-0.2, -0.15) is 10.4 Å². The number of nitrogens with zero attached hydrogens (tertiary/aromatic N) is 7. The zero-order valence-electron chi connectivity index (χ0n) is 21.0. The molecule has 4 N–H and O–H groups in total. The van der Waals surface area contributed by atoms with Crippen LogP contribution in [0.1, 0.15) is 24.5 Å². The number of fused-ring (bicyclic) bond motifs is 1. The molecule has 0 aromatic carbocycles. The number of aliphatic hydroxyl groups excluding tert-OH is 1. The van der Waals surface area contributed by atoms with Crippen molar-refractivity contribution in [3.8, 4) is 17.2 Å². The number of carbonyl (C=O) groups excluding carboxylic acids is 1. The molecular weight excluding hydrogens is 470 g/mol. The molecule has 4 heterocycles. The van der Waals surface area contributed by atoms with Gasteiger partial charge in [0.2, 0.25) is 0 Å². The van der Waals surface area contributed by atoms with E-state index in [2.05, 4.69) is 26.4 Å². The number of allylic oxidation sites excluding steroid dienone is 1. The molecule has 1 aliphatic rings. The maximum Gasteiger partial charge on any atom is 0.317 e. The standard InChI is InChI=1S/C26H31N9O2/c1-3-22(17-36)32-26(37)34-8-6-33(7-9-34)24-5-4-18(14-30-24)23-10-19(20(11-27)13-29-2)16-35-25(23)21(12-28)15-31-35/h4-5,10-11,13-16,22,36H,3,6-9,17,27H2,1-2H3,(H,32,37). The molecule has 0 bridgehead atoms. The average molecular weight is 502 g/mol. The lowest BCUT2D eigenvalue weighted by atomic mass is 10.0. The molecule has 1 atom stereocenters. The first-order chi connectivity index (χ1) is 18.0. The van der Waals surface area contributed by atoms with Gasteiger partial charge >= 0.3 is 6.03 Å². The SMILES string of the molecule is CCC(CO)NC(=O)N1CCN(c2ccc(-c3cc(C(C=NC)=CN)cn4ncc(C#N)c34)cn2)CC1. The molecule has 0 spiro atoms. The van der Waals surface area contributed by atoms with Gasteiger partial charge in [-0.15, -0.1) is 0 Å². The van der Waals surface area contributed by atoms with Crippen molar-refractivity contribution in [2.24, 2.45) is 10.7 Å². The summed E-state index contributed by atoms with van der Waals surface area (Å²) in [6.07, 6.45) is 8.99. The molecule has 0 radical (unpaired) electrons. The van der Waals surface area contributed by atoms with Gasteiger partial charge in [0.05, 0.1) is 29.9 Å². The molecule has 1 unspecified atom stereocenters. The van der Waals surface area contributed by atoms with Crippen LogP contribution in [-0.4, -0.2) is 82.7 Å². The average Bonchev–Trinajstić information content (AvgIpc) is 3.37. The smallest absolute Gasteiger partial charge is 0.317 e. The predicted octanol–water partition coefficient (Wildman–Crippen LogP) is 1.87. The van der Waals surface area contributed by atoms with Crippen molar-refractivity contribution < 1.29 is 9.90 Å². The van der Waals surface area contributed by atoms with E-state index < -0.39 is 0 Å². The van der Waals surface area contributed by atoms with E-state index in [1.54, 1.807) is 35.1 Å². The third-order valence-electron chi connectivity index (χ3n) is 6.50. The van der Waals surface area contributed by atoms with Gasteiger partial charge in [0, 0.05) is 80.3 Å². The Labute approximate surface area is 215 Å². The lowest BCUT2D eigenvalue weighted by Gasteiger charge is -2.36. The highest BCUT2D eigenvalue weighted by Gasteiger charge is 2.23. The fourth-order valence-electron chi connectivity index (χ4n) is 4.35. The van der Waals surface area contributed by atoms with E-state index in [0.29, 0.717) is 43.7 Å². The van der Waals surface area contributed by atoms with Crippen molar-refractivity contribution in [1.29, 1.82) is 5.26 Å². The van der Waals surface area contributed by atoms with Gasteiger partial charge in [0.25, 0.3) is 0 Å². The highest BCUT2D eigenvalue weighted by molar-refractivity contribution is 6.10. The normalized spacial score (nSPS) is 15.2. The third kappa shape index (κ3) is 5.39. The van der Waals surface area contributed by atoms with Crippen LogP contribution in [0, 0.1) is 11.3 Å². The number of anilines is 1. The molecule has 1 aliphatic heterocycles. The Morgan fingerprint density at radius 3 is 2.70 bits per heavy atom. The van der Waals surface area contributed by atoms with E-state index in [1.807, 2.05) is 31.3 Å². The summed E-state index contributed by atoms with van der Waals surface area (Å²) >= 11 is 0. The van der Waals surface area contributed by atoms with Gasteiger partial charge < -0.3 is 26.0 Å². The van der Waals surface area contributed by atoms with Crippen LogP contribution < -0.4 is 16.0 Å². The first kappa shape index (κ1) is 25.7. The van der Waals surface area contributed by atoms with Crippen molar-refractivity contribution in [3.63, 3.8) is 0 Å². The summed E-state index contributed by atoms with van der Waals surface area (Å²) in [4.78, 5) is 25.1. The van der Waals surface area contributed by atoms with Gasteiger partial charge in [0.1, 0.15) is 11.9 Å². The Bertz CT molecular complexity index is 1340. The molecule has 192 valence electrons. The van der Waals surface area contributed by atoms with Crippen molar-refractivity contribution in [1.82, 2.24) is 24.8 Å². The Balaban J connectivity index is 1.56. The minimum absolute atomic E-state index is 0.0706. The summed E-state index contributed by atoms with van der Waals surface area (Å²) in [6, 6.07) is 7.72. The topological polar surface area (TPSA) is 148 Å². The number of piperazine rings is 1. The number of nitrogens with one attached hydrogen (secondary N) is 1. The summed E-state index contributed by atoms with van der Waals surface area (Å²) in [7, 11) is 1.68. The molecule has 11 nitrogen and oxygen atoms in total. The number of aliphatic imine (C=N–C) groups is 1. The lowest BCUT2D eigenvalue weighted by Crippen LogP contribution is -2.54. The predicted molar refractivity (Wildman–Crippen MR) is 143 cm³/mol. The van der Waals surface area contributed by atoms with E-state index in [0.717, 1.165) is 28.1 Å². The molecule has 1 saturated heterocycles. The van der Waals surface area contributed by atoms with Crippen LogP contribution in [0.2, 0.25) is 0 Å².